The van der Waals surface area contributed by atoms with Gasteiger partial charge in [-0.2, -0.15) is 8.42 Å². The van der Waals surface area contributed by atoms with Crippen molar-refractivity contribution in [2.24, 2.45) is 11.8 Å². The minimum atomic E-state index is -4.78. The molecule has 0 saturated carbocycles. The summed E-state index contributed by atoms with van der Waals surface area (Å²) in [5, 5.41) is -1.96. The predicted molar refractivity (Wildman–Crippen MR) is 108 cm³/mol. The highest BCUT2D eigenvalue weighted by molar-refractivity contribution is 7.87. The molecule has 8 heteroatoms. The van der Waals surface area contributed by atoms with E-state index >= 15 is 0 Å². The van der Waals surface area contributed by atoms with Gasteiger partial charge in [-0.3, -0.25) is 14.1 Å². The molecule has 0 heterocycles. The monoisotopic (exact) mass is 422 g/mol. The first-order valence-corrected chi connectivity index (χ1v) is 11.7. The van der Waals surface area contributed by atoms with Crippen molar-refractivity contribution in [3.05, 3.63) is 0 Å². The fourth-order valence-corrected chi connectivity index (χ4v) is 3.40. The first kappa shape index (κ1) is 26.9. The van der Waals surface area contributed by atoms with Gasteiger partial charge in [0.25, 0.3) is 10.1 Å². The van der Waals surface area contributed by atoms with E-state index in [9.17, 15) is 22.6 Å². The molecule has 3 unspecified atom stereocenters. The SMILES string of the molecule is CC(C)CCCC(C)OC(=O)CC(C(=O)OC(C)CCCC(C)C)S(=O)(=O)O. The largest absolute Gasteiger partial charge is 0.463 e. The van der Waals surface area contributed by atoms with Crippen molar-refractivity contribution in [3.8, 4) is 0 Å². The average molecular weight is 423 g/mol. The third-order valence-corrected chi connectivity index (χ3v) is 5.49. The summed E-state index contributed by atoms with van der Waals surface area (Å²) in [5.74, 6) is -0.900. The van der Waals surface area contributed by atoms with Gasteiger partial charge in [-0.25, -0.2) is 0 Å². The fraction of sp³-hybridized carbons (Fsp3) is 0.900. The highest BCUT2D eigenvalue weighted by Gasteiger charge is 2.36. The van der Waals surface area contributed by atoms with Crippen LogP contribution in [-0.2, 0) is 29.2 Å². The average Bonchev–Trinajstić information content (AvgIpc) is 2.50. The number of rotatable bonds is 14. The third kappa shape index (κ3) is 13.1. The van der Waals surface area contributed by atoms with Crippen LogP contribution in [0.1, 0.15) is 86.5 Å². The molecule has 0 rings (SSSR count). The van der Waals surface area contributed by atoms with Crippen LogP contribution >= 0.6 is 0 Å². The normalized spacial score (nSPS) is 15.3. The van der Waals surface area contributed by atoms with Gasteiger partial charge in [0.2, 0.25) is 0 Å². The van der Waals surface area contributed by atoms with Crippen molar-refractivity contribution in [3.63, 3.8) is 0 Å². The summed E-state index contributed by atoms with van der Waals surface area (Å²) >= 11 is 0. The Kier molecular flexibility index (Phi) is 12.6. The third-order valence-electron chi connectivity index (χ3n) is 4.41. The number of hydrogen-bond acceptors (Lipinski definition) is 6. The lowest BCUT2D eigenvalue weighted by atomic mass is 10.0. The molecule has 3 atom stereocenters. The number of carbonyl (C=O) groups is 2. The molecule has 0 saturated heterocycles. The summed E-state index contributed by atoms with van der Waals surface area (Å²) in [6.07, 6.45) is 3.26. The Morgan fingerprint density at radius 2 is 1.21 bits per heavy atom. The minimum absolute atomic E-state index is 0.390. The van der Waals surface area contributed by atoms with Gasteiger partial charge in [-0.15, -0.1) is 0 Å². The molecular formula is C20H38O7S. The Morgan fingerprint density at radius 3 is 1.61 bits per heavy atom. The van der Waals surface area contributed by atoms with Crippen molar-refractivity contribution in [2.45, 2.75) is 104 Å². The molecule has 0 aliphatic heterocycles. The lowest BCUT2D eigenvalue weighted by Crippen LogP contribution is -2.36. The van der Waals surface area contributed by atoms with Crippen LogP contribution in [-0.4, -0.2) is 42.4 Å². The maximum Gasteiger partial charge on any atom is 0.327 e. The molecule has 0 aliphatic carbocycles. The van der Waals surface area contributed by atoms with Crippen LogP contribution in [0.5, 0.6) is 0 Å². The standard InChI is InChI=1S/C20H38O7S/c1-14(2)9-7-11-16(5)26-19(21)13-18(28(23,24)25)20(22)27-17(6)12-8-10-15(3)4/h14-18H,7-13H2,1-6H3,(H,23,24,25). The van der Waals surface area contributed by atoms with Crippen molar-refractivity contribution in [1.29, 1.82) is 0 Å². The van der Waals surface area contributed by atoms with Gasteiger partial charge >= 0.3 is 11.9 Å². The molecule has 0 aliphatic rings. The molecule has 166 valence electrons. The highest BCUT2D eigenvalue weighted by Crippen LogP contribution is 2.16. The van der Waals surface area contributed by atoms with Crippen molar-refractivity contribution >= 4 is 22.1 Å². The lowest BCUT2D eigenvalue weighted by molar-refractivity contribution is -0.155. The van der Waals surface area contributed by atoms with E-state index in [0.29, 0.717) is 24.7 Å². The van der Waals surface area contributed by atoms with Crippen LogP contribution in [0.4, 0.5) is 0 Å². The van der Waals surface area contributed by atoms with Gasteiger partial charge in [0.05, 0.1) is 18.6 Å². The minimum Gasteiger partial charge on any atom is -0.463 e. The van der Waals surface area contributed by atoms with Crippen LogP contribution in [0.25, 0.3) is 0 Å². The number of hydrogen-bond donors (Lipinski definition) is 1. The van der Waals surface area contributed by atoms with E-state index in [1.807, 2.05) is 0 Å². The Morgan fingerprint density at radius 1 is 0.786 bits per heavy atom. The van der Waals surface area contributed by atoms with Crippen LogP contribution in [0.15, 0.2) is 0 Å². The van der Waals surface area contributed by atoms with Gasteiger partial charge < -0.3 is 9.47 Å². The first-order valence-electron chi connectivity index (χ1n) is 10.2. The van der Waals surface area contributed by atoms with Gasteiger partial charge in [0, 0.05) is 0 Å². The summed E-state index contributed by atoms with van der Waals surface area (Å²) in [6, 6.07) is 0. The van der Waals surface area contributed by atoms with E-state index < -0.39 is 39.8 Å². The molecule has 0 bridgehead atoms. The quantitative estimate of drug-likeness (QED) is 0.331. The predicted octanol–water partition coefficient (Wildman–Crippen LogP) is 4.15. The molecule has 0 aromatic rings. The summed E-state index contributed by atoms with van der Waals surface area (Å²) in [6.45, 7) is 11.7. The van der Waals surface area contributed by atoms with E-state index in [1.165, 1.54) is 0 Å². The van der Waals surface area contributed by atoms with Crippen LogP contribution < -0.4 is 0 Å². The Bertz CT molecular complexity index is 569. The van der Waals surface area contributed by atoms with Crippen LogP contribution in [0.3, 0.4) is 0 Å². The van der Waals surface area contributed by atoms with E-state index in [-0.39, 0.29) is 6.10 Å². The molecule has 0 fully saturated rings. The first-order chi connectivity index (χ1) is 12.8. The van der Waals surface area contributed by atoms with Crippen molar-refractivity contribution in [2.75, 3.05) is 0 Å². The summed E-state index contributed by atoms with van der Waals surface area (Å²) in [5.41, 5.74) is 0. The zero-order valence-corrected chi connectivity index (χ0v) is 19.0. The zero-order chi connectivity index (χ0) is 21.9. The van der Waals surface area contributed by atoms with Gasteiger partial charge in [0.1, 0.15) is 0 Å². The number of esters is 2. The fourth-order valence-electron chi connectivity index (χ4n) is 2.75. The van der Waals surface area contributed by atoms with Gasteiger partial charge in [0.15, 0.2) is 5.25 Å². The molecule has 7 nitrogen and oxygen atoms in total. The number of ether oxygens (including phenoxy) is 2. The van der Waals surface area contributed by atoms with Crippen molar-refractivity contribution in [1.82, 2.24) is 0 Å². The zero-order valence-electron chi connectivity index (χ0n) is 18.1. The van der Waals surface area contributed by atoms with Gasteiger partial charge in [-0.1, -0.05) is 40.5 Å². The topological polar surface area (TPSA) is 107 Å². The molecule has 0 aromatic heterocycles. The molecule has 0 spiro atoms. The van der Waals surface area contributed by atoms with E-state index in [2.05, 4.69) is 27.7 Å². The second-order valence-electron chi connectivity index (χ2n) is 8.41. The molecule has 0 amide bonds. The van der Waals surface area contributed by atoms with E-state index in [4.69, 9.17) is 9.47 Å². The maximum atomic E-state index is 12.2. The molecule has 0 aromatic carbocycles. The van der Waals surface area contributed by atoms with E-state index in [1.54, 1.807) is 13.8 Å². The second-order valence-corrected chi connectivity index (χ2v) is 10.0. The molecule has 0 radical (unpaired) electrons. The summed E-state index contributed by atoms with van der Waals surface area (Å²) < 4.78 is 42.8. The van der Waals surface area contributed by atoms with E-state index in [0.717, 1.165) is 25.7 Å². The van der Waals surface area contributed by atoms with Crippen molar-refractivity contribution < 1.29 is 32.0 Å². The smallest absolute Gasteiger partial charge is 0.327 e. The van der Waals surface area contributed by atoms with Crippen LogP contribution in [0.2, 0.25) is 0 Å². The Hall–Kier alpha value is -1.15. The molecule has 1 N–H and O–H groups in total. The summed E-state index contributed by atoms with van der Waals surface area (Å²) in [4.78, 5) is 24.2. The highest BCUT2D eigenvalue weighted by atomic mass is 32.2. The van der Waals surface area contributed by atoms with Crippen LogP contribution in [0, 0.1) is 11.8 Å². The molecule has 28 heavy (non-hydrogen) atoms. The Balaban J connectivity index is 4.65. The second kappa shape index (κ2) is 13.1. The maximum absolute atomic E-state index is 12.2. The number of carbonyl (C=O) groups excluding carboxylic acids is 2. The van der Waals surface area contributed by atoms with Gasteiger partial charge in [-0.05, 0) is 51.4 Å². The lowest BCUT2D eigenvalue weighted by Gasteiger charge is -2.19. The Labute approximate surface area is 170 Å². The summed E-state index contributed by atoms with van der Waals surface area (Å²) in [7, 11) is -4.78. The molecular weight excluding hydrogens is 384 g/mol.